The van der Waals surface area contributed by atoms with E-state index in [4.69, 9.17) is 9.47 Å². The number of unbranched alkanes of at least 4 members (excludes halogenated alkanes) is 13. The molecule has 47 heavy (non-hydrogen) atoms. The van der Waals surface area contributed by atoms with E-state index < -0.39 is 74.2 Å². The van der Waals surface area contributed by atoms with E-state index in [9.17, 15) is 40.5 Å². The maximum atomic E-state index is 12.9. The Kier molecular flexibility index (Phi) is 25.4. The van der Waals surface area contributed by atoms with Crippen molar-refractivity contribution in [3.05, 3.63) is 24.3 Å². The van der Waals surface area contributed by atoms with Crippen LogP contribution in [0.3, 0.4) is 0 Å². The number of aliphatic hydroxyl groups is 7. The highest BCUT2D eigenvalue weighted by molar-refractivity contribution is 5.80. The van der Waals surface area contributed by atoms with E-state index in [0.717, 1.165) is 70.6 Å². The van der Waals surface area contributed by atoms with Crippen LogP contribution in [0.1, 0.15) is 129 Å². The third-order valence-corrected chi connectivity index (χ3v) is 8.78. The molecule has 0 aliphatic carbocycles. The molecule has 11 nitrogen and oxygen atoms in total. The zero-order chi connectivity index (χ0) is 34.9. The van der Waals surface area contributed by atoms with Gasteiger partial charge in [-0.3, -0.25) is 4.79 Å². The third kappa shape index (κ3) is 18.8. The summed E-state index contributed by atoms with van der Waals surface area (Å²) in [5, 5.41) is 74.7. The average molecular weight is 674 g/mol. The molecule has 1 rings (SSSR count). The van der Waals surface area contributed by atoms with Gasteiger partial charge in [0.15, 0.2) is 6.29 Å². The van der Waals surface area contributed by atoms with Crippen LogP contribution >= 0.6 is 0 Å². The second kappa shape index (κ2) is 27.4. The molecule has 1 amide bonds. The maximum absolute atomic E-state index is 12.9. The fraction of sp³-hybridized carbons (Fsp3) is 0.861. The van der Waals surface area contributed by atoms with Crippen molar-refractivity contribution >= 4 is 5.91 Å². The molecule has 0 spiro atoms. The molecule has 0 aromatic rings. The molecule has 0 aromatic heterocycles. The Hall–Kier alpha value is -1.41. The number of nitrogens with one attached hydrogen (secondary N) is 1. The predicted octanol–water partition coefficient (Wildman–Crippen LogP) is 3.54. The summed E-state index contributed by atoms with van der Waals surface area (Å²) in [6.45, 7) is 3.27. The first-order valence-corrected chi connectivity index (χ1v) is 18.3. The van der Waals surface area contributed by atoms with Crippen molar-refractivity contribution in [1.82, 2.24) is 5.32 Å². The number of hydrogen-bond acceptors (Lipinski definition) is 10. The molecular formula is C36H67NO10. The number of carbonyl (C=O) groups excluding carboxylic acids is 1. The van der Waals surface area contributed by atoms with Crippen LogP contribution in [0.25, 0.3) is 0 Å². The number of rotatable bonds is 28. The molecule has 276 valence electrons. The molecule has 11 heteroatoms. The van der Waals surface area contributed by atoms with Crippen LogP contribution in [0.4, 0.5) is 0 Å². The van der Waals surface area contributed by atoms with E-state index in [1.807, 2.05) is 0 Å². The number of aliphatic hydroxyl groups excluding tert-OH is 7. The number of hydrogen-bond donors (Lipinski definition) is 8. The zero-order valence-corrected chi connectivity index (χ0v) is 29.0. The largest absolute Gasteiger partial charge is 0.394 e. The fourth-order valence-corrected chi connectivity index (χ4v) is 5.60. The molecule has 9 unspecified atom stereocenters. The van der Waals surface area contributed by atoms with Crippen LogP contribution in [-0.2, 0) is 14.3 Å². The number of amides is 1. The lowest BCUT2D eigenvalue weighted by molar-refractivity contribution is -0.303. The SMILES string of the molecule is CCCCC/C=C\C=C/CCCCCCCC(O)C(=O)NC(COC1OC(CO)C(O)C(O)C1O)C(O)C(O)CCCCCCCC. The highest BCUT2D eigenvalue weighted by atomic mass is 16.7. The van der Waals surface area contributed by atoms with Gasteiger partial charge in [-0.05, 0) is 38.5 Å². The molecule has 0 radical (unpaired) electrons. The van der Waals surface area contributed by atoms with Crippen LogP contribution in [0.2, 0.25) is 0 Å². The van der Waals surface area contributed by atoms with Crippen LogP contribution in [0, 0.1) is 0 Å². The zero-order valence-electron chi connectivity index (χ0n) is 29.0. The Balaban J connectivity index is 2.56. The fourth-order valence-electron chi connectivity index (χ4n) is 5.60. The topological polar surface area (TPSA) is 189 Å². The summed E-state index contributed by atoms with van der Waals surface area (Å²) in [6.07, 6.45) is 14.2. The second-order valence-corrected chi connectivity index (χ2v) is 13.0. The molecule has 8 N–H and O–H groups in total. The highest BCUT2D eigenvalue weighted by Gasteiger charge is 2.44. The number of allylic oxidation sites excluding steroid dienone is 4. The van der Waals surface area contributed by atoms with Crippen molar-refractivity contribution in [1.29, 1.82) is 0 Å². The number of ether oxygens (including phenoxy) is 2. The van der Waals surface area contributed by atoms with E-state index in [1.54, 1.807) is 0 Å². The van der Waals surface area contributed by atoms with Crippen LogP contribution < -0.4 is 5.32 Å². The van der Waals surface area contributed by atoms with Crippen LogP contribution in [0.15, 0.2) is 24.3 Å². The summed E-state index contributed by atoms with van der Waals surface area (Å²) < 4.78 is 11.0. The van der Waals surface area contributed by atoms with Crippen molar-refractivity contribution in [2.75, 3.05) is 13.2 Å². The normalized spacial score (nSPS) is 24.5. The van der Waals surface area contributed by atoms with Gasteiger partial charge in [-0.2, -0.15) is 0 Å². The molecule has 1 aliphatic heterocycles. The van der Waals surface area contributed by atoms with Crippen molar-refractivity contribution in [3.8, 4) is 0 Å². The van der Waals surface area contributed by atoms with E-state index in [0.29, 0.717) is 19.3 Å². The Morgan fingerprint density at radius 3 is 1.89 bits per heavy atom. The molecule has 9 atom stereocenters. The first kappa shape index (κ1) is 43.6. The van der Waals surface area contributed by atoms with Gasteiger partial charge in [-0.25, -0.2) is 0 Å². The smallest absolute Gasteiger partial charge is 0.249 e. The monoisotopic (exact) mass is 673 g/mol. The molecule has 1 heterocycles. The summed E-state index contributed by atoms with van der Waals surface area (Å²) >= 11 is 0. The summed E-state index contributed by atoms with van der Waals surface area (Å²) in [6, 6.07) is -1.17. The van der Waals surface area contributed by atoms with E-state index in [1.165, 1.54) is 19.3 Å². The van der Waals surface area contributed by atoms with Crippen LogP contribution in [0.5, 0.6) is 0 Å². The van der Waals surface area contributed by atoms with Gasteiger partial charge in [-0.1, -0.05) is 115 Å². The summed E-state index contributed by atoms with van der Waals surface area (Å²) in [5.74, 6) is -0.717. The van der Waals surface area contributed by atoms with Gasteiger partial charge in [0.2, 0.25) is 5.91 Å². The standard InChI is InChI=1S/C36H67NO10/c1-3-5-7-9-11-12-13-14-15-16-17-18-20-22-24-29(40)35(45)37-27(31(41)28(39)23-21-19-10-8-6-4-2)26-46-36-34(44)33(43)32(42)30(25-38)47-36/h11-14,27-34,36,38-44H,3-10,15-26H2,1-2H3,(H,37,45)/b12-11-,14-13-. The first-order chi connectivity index (χ1) is 22.7. The lowest BCUT2D eigenvalue weighted by Gasteiger charge is -2.40. The lowest BCUT2D eigenvalue weighted by Crippen LogP contribution is -2.60. The lowest BCUT2D eigenvalue weighted by atomic mass is 9.98. The quantitative estimate of drug-likeness (QED) is 0.0451. The van der Waals surface area contributed by atoms with Crippen LogP contribution in [-0.4, -0.2) is 110 Å². The maximum Gasteiger partial charge on any atom is 0.249 e. The molecule has 0 aromatic carbocycles. The Bertz CT molecular complexity index is 826. The molecular weight excluding hydrogens is 606 g/mol. The van der Waals surface area contributed by atoms with E-state index in [2.05, 4.69) is 43.5 Å². The molecule has 1 aliphatic rings. The van der Waals surface area contributed by atoms with E-state index in [-0.39, 0.29) is 6.42 Å². The third-order valence-electron chi connectivity index (χ3n) is 8.78. The molecule has 0 bridgehead atoms. The minimum absolute atomic E-state index is 0.241. The van der Waals surface area contributed by atoms with Crippen molar-refractivity contribution in [3.63, 3.8) is 0 Å². The Labute approximate surface area is 283 Å². The van der Waals surface area contributed by atoms with E-state index >= 15 is 0 Å². The van der Waals surface area contributed by atoms with Gasteiger partial charge >= 0.3 is 0 Å². The van der Waals surface area contributed by atoms with Crippen molar-refractivity contribution < 1.29 is 50.0 Å². The van der Waals surface area contributed by atoms with Gasteiger partial charge in [-0.15, -0.1) is 0 Å². The average Bonchev–Trinajstić information content (AvgIpc) is 3.07. The van der Waals surface area contributed by atoms with Gasteiger partial charge < -0.3 is 50.5 Å². The van der Waals surface area contributed by atoms with Gasteiger partial charge in [0.05, 0.1) is 25.4 Å². The molecule has 0 saturated carbocycles. The Morgan fingerprint density at radius 2 is 1.28 bits per heavy atom. The van der Waals surface area contributed by atoms with Gasteiger partial charge in [0, 0.05) is 0 Å². The molecule has 1 saturated heterocycles. The Morgan fingerprint density at radius 1 is 0.745 bits per heavy atom. The number of carbonyl (C=O) groups is 1. The van der Waals surface area contributed by atoms with Gasteiger partial charge in [0.1, 0.15) is 36.6 Å². The predicted molar refractivity (Wildman–Crippen MR) is 182 cm³/mol. The van der Waals surface area contributed by atoms with Gasteiger partial charge in [0.25, 0.3) is 0 Å². The minimum Gasteiger partial charge on any atom is -0.394 e. The second-order valence-electron chi connectivity index (χ2n) is 13.0. The van der Waals surface area contributed by atoms with Crippen molar-refractivity contribution in [2.45, 2.75) is 184 Å². The minimum atomic E-state index is -1.66. The van der Waals surface area contributed by atoms with Crippen molar-refractivity contribution in [2.24, 2.45) is 0 Å². The summed E-state index contributed by atoms with van der Waals surface area (Å²) in [5.41, 5.74) is 0. The summed E-state index contributed by atoms with van der Waals surface area (Å²) in [7, 11) is 0. The highest BCUT2D eigenvalue weighted by Crippen LogP contribution is 2.23. The molecule has 1 fully saturated rings. The first-order valence-electron chi connectivity index (χ1n) is 18.3. The summed E-state index contributed by atoms with van der Waals surface area (Å²) in [4.78, 5) is 12.9.